The van der Waals surface area contributed by atoms with E-state index in [0.717, 1.165) is 23.2 Å². The summed E-state index contributed by atoms with van der Waals surface area (Å²) >= 11 is 1.32. The molecule has 3 rings (SSSR count). The van der Waals surface area contributed by atoms with Gasteiger partial charge in [-0.3, -0.25) is 4.79 Å². The summed E-state index contributed by atoms with van der Waals surface area (Å²) in [5.74, 6) is 0.845. The zero-order valence-electron chi connectivity index (χ0n) is 16.1. The Balaban J connectivity index is 1.65. The molecule has 0 fully saturated rings. The SMILES string of the molecule is CC[C@@H](C)c1ccccc1NC(=O)CSc1nnc(-c2ccc(F)cc2)n1C. The molecule has 1 aromatic heterocycles. The topological polar surface area (TPSA) is 59.8 Å². The van der Waals surface area contributed by atoms with Gasteiger partial charge in [-0.05, 0) is 48.2 Å². The molecule has 0 saturated carbocycles. The number of amides is 1. The van der Waals surface area contributed by atoms with Crippen LogP contribution in [0.1, 0.15) is 31.7 Å². The minimum absolute atomic E-state index is 0.0907. The Labute approximate surface area is 168 Å². The molecule has 0 aliphatic heterocycles. The fourth-order valence-electron chi connectivity index (χ4n) is 2.87. The number of nitrogens with zero attached hydrogens (tertiary/aromatic N) is 3. The summed E-state index contributed by atoms with van der Waals surface area (Å²) in [6, 6.07) is 14.0. The summed E-state index contributed by atoms with van der Waals surface area (Å²) < 4.78 is 14.9. The minimum Gasteiger partial charge on any atom is -0.325 e. The monoisotopic (exact) mass is 398 g/mol. The third-order valence-corrected chi connectivity index (χ3v) is 5.67. The molecule has 2 aromatic carbocycles. The van der Waals surface area contributed by atoms with Crippen LogP contribution in [0.2, 0.25) is 0 Å². The fraction of sp³-hybridized carbons (Fsp3) is 0.286. The first kappa shape index (κ1) is 20.1. The van der Waals surface area contributed by atoms with E-state index < -0.39 is 0 Å². The van der Waals surface area contributed by atoms with Gasteiger partial charge in [0.15, 0.2) is 11.0 Å². The van der Waals surface area contributed by atoms with Crippen molar-refractivity contribution >= 4 is 23.4 Å². The van der Waals surface area contributed by atoms with Crippen LogP contribution in [-0.4, -0.2) is 26.4 Å². The zero-order chi connectivity index (χ0) is 20.1. The van der Waals surface area contributed by atoms with Crippen LogP contribution in [0.25, 0.3) is 11.4 Å². The number of benzene rings is 2. The van der Waals surface area contributed by atoms with E-state index in [4.69, 9.17) is 0 Å². The van der Waals surface area contributed by atoms with Crippen LogP contribution in [0.15, 0.2) is 53.7 Å². The number of thioether (sulfide) groups is 1. The van der Waals surface area contributed by atoms with Gasteiger partial charge in [0.2, 0.25) is 5.91 Å². The van der Waals surface area contributed by atoms with E-state index in [1.54, 1.807) is 16.7 Å². The van der Waals surface area contributed by atoms with Crippen LogP contribution in [0, 0.1) is 5.82 Å². The molecule has 1 N–H and O–H groups in total. The highest BCUT2D eigenvalue weighted by Gasteiger charge is 2.15. The van der Waals surface area contributed by atoms with E-state index in [9.17, 15) is 9.18 Å². The predicted octanol–water partition coefficient (Wildman–Crippen LogP) is 4.87. The second-order valence-corrected chi connectivity index (χ2v) is 7.55. The van der Waals surface area contributed by atoms with Crippen LogP contribution < -0.4 is 5.32 Å². The highest BCUT2D eigenvalue weighted by Crippen LogP contribution is 2.27. The van der Waals surface area contributed by atoms with Crippen molar-refractivity contribution in [1.82, 2.24) is 14.8 Å². The lowest BCUT2D eigenvalue weighted by molar-refractivity contribution is -0.113. The number of hydrogen-bond acceptors (Lipinski definition) is 4. The molecule has 1 amide bonds. The maximum Gasteiger partial charge on any atom is 0.234 e. The van der Waals surface area contributed by atoms with Crippen molar-refractivity contribution in [2.45, 2.75) is 31.3 Å². The number of aromatic nitrogens is 3. The van der Waals surface area contributed by atoms with Crippen LogP contribution in [0.5, 0.6) is 0 Å². The second-order valence-electron chi connectivity index (χ2n) is 6.61. The van der Waals surface area contributed by atoms with E-state index >= 15 is 0 Å². The highest BCUT2D eigenvalue weighted by atomic mass is 32.2. The summed E-state index contributed by atoms with van der Waals surface area (Å²) in [6.07, 6.45) is 1.01. The maximum atomic E-state index is 13.1. The van der Waals surface area contributed by atoms with E-state index in [-0.39, 0.29) is 17.5 Å². The van der Waals surface area contributed by atoms with Crippen molar-refractivity contribution in [3.63, 3.8) is 0 Å². The number of nitrogens with one attached hydrogen (secondary N) is 1. The largest absolute Gasteiger partial charge is 0.325 e. The molecule has 0 aliphatic rings. The number of hydrogen-bond donors (Lipinski definition) is 1. The van der Waals surface area contributed by atoms with E-state index in [1.807, 2.05) is 25.2 Å². The zero-order valence-corrected chi connectivity index (χ0v) is 17.0. The average Bonchev–Trinajstić information content (AvgIpc) is 3.07. The Bertz CT molecular complexity index is 955. The van der Waals surface area contributed by atoms with Gasteiger partial charge in [0.25, 0.3) is 0 Å². The molecular formula is C21H23FN4OS. The quantitative estimate of drug-likeness (QED) is 0.577. The van der Waals surface area contributed by atoms with Gasteiger partial charge in [0.05, 0.1) is 5.75 Å². The molecule has 0 aliphatic carbocycles. The second kappa shape index (κ2) is 9.01. The average molecular weight is 399 g/mol. The van der Waals surface area contributed by atoms with Crippen molar-refractivity contribution in [3.8, 4) is 11.4 Å². The number of anilines is 1. The van der Waals surface area contributed by atoms with Gasteiger partial charge < -0.3 is 9.88 Å². The van der Waals surface area contributed by atoms with Crippen molar-refractivity contribution in [1.29, 1.82) is 0 Å². The predicted molar refractivity (Wildman–Crippen MR) is 111 cm³/mol. The molecule has 0 bridgehead atoms. The molecule has 0 radical (unpaired) electrons. The molecule has 0 unspecified atom stereocenters. The summed E-state index contributed by atoms with van der Waals surface area (Å²) in [7, 11) is 1.83. The van der Waals surface area contributed by atoms with Gasteiger partial charge >= 0.3 is 0 Å². The molecular weight excluding hydrogens is 375 g/mol. The Morgan fingerprint density at radius 2 is 1.89 bits per heavy atom. The standard InChI is InChI=1S/C21H23FN4OS/c1-4-14(2)17-7-5-6-8-18(17)23-19(27)13-28-21-25-24-20(26(21)3)15-9-11-16(22)12-10-15/h5-12,14H,4,13H2,1-3H3,(H,23,27)/t14-/m1/s1. The smallest absolute Gasteiger partial charge is 0.234 e. The lowest BCUT2D eigenvalue weighted by Crippen LogP contribution is -2.16. The minimum atomic E-state index is -0.296. The first-order valence-electron chi connectivity index (χ1n) is 9.16. The van der Waals surface area contributed by atoms with E-state index in [0.29, 0.717) is 16.9 Å². The fourth-order valence-corrected chi connectivity index (χ4v) is 3.58. The first-order valence-corrected chi connectivity index (χ1v) is 10.1. The molecule has 1 heterocycles. The van der Waals surface area contributed by atoms with Crippen molar-refractivity contribution in [2.75, 3.05) is 11.1 Å². The molecule has 28 heavy (non-hydrogen) atoms. The van der Waals surface area contributed by atoms with Gasteiger partial charge in [-0.25, -0.2) is 4.39 Å². The molecule has 1 atom stereocenters. The van der Waals surface area contributed by atoms with Crippen molar-refractivity contribution in [2.24, 2.45) is 7.05 Å². The third kappa shape index (κ3) is 4.59. The Hall–Kier alpha value is -2.67. The van der Waals surface area contributed by atoms with E-state index in [1.165, 1.54) is 23.9 Å². The number of carbonyl (C=O) groups is 1. The molecule has 3 aromatic rings. The van der Waals surface area contributed by atoms with Crippen LogP contribution >= 0.6 is 11.8 Å². The number of halogens is 1. The number of carbonyl (C=O) groups excluding carboxylic acids is 1. The molecule has 7 heteroatoms. The molecule has 5 nitrogen and oxygen atoms in total. The van der Waals surface area contributed by atoms with Crippen LogP contribution in [0.4, 0.5) is 10.1 Å². The summed E-state index contributed by atoms with van der Waals surface area (Å²) in [6.45, 7) is 4.28. The van der Waals surface area contributed by atoms with Gasteiger partial charge in [0.1, 0.15) is 5.82 Å². The van der Waals surface area contributed by atoms with Gasteiger partial charge in [0, 0.05) is 18.3 Å². The summed E-state index contributed by atoms with van der Waals surface area (Å²) in [5.41, 5.74) is 2.77. The summed E-state index contributed by atoms with van der Waals surface area (Å²) in [4.78, 5) is 12.4. The molecule has 146 valence electrons. The van der Waals surface area contributed by atoms with Crippen LogP contribution in [0.3, 0.4) is 0 Å². The highest BCUT2D eigenvalue weighted by molar-refractivity contribution is 7.99. The number of para-hydroxylation sites is 1. The van der Waals surface area contributed by atoms with Gasteiger partial charge in [-0.2, -0.15) is 0 Å². The van der Waals surface area contributed by atoms with Gasteiger partial charge in [-0.15, -0.1) is 10.2 Å². The van der Waals surface area contributed by atoms with Crippen molar-refractivity contribution < 1.29 is 9.18 Å². The lowest BCUT2D eigenvalue weighted by Gasteiger charge is -2.15. The van der Waals surface area contributed by atoms with Crippen molar-refractivity contribution in [3.05, 3.63) is 59.9 Å². The maximum absolute atomic E-state index is 13.1. The Morgan fingerprint density at radius 3 is 2.61 bits per heavy atom. The Morgan fingerprint density at radius 1 is 1.18 bits per heavy atom. The Kier molecular flexibility index (Phi) is 6.46. The lowest BCUT2D eigenvalue weighted by atomic mass is 9.97. The number of rotatable bonds is 7. The first-order chi connectivity index (χ1) is 13.5. The van der Waals surface area contributed by atoms with Gasteiger partial charge in [-0.1, -0.05) is 43.8 Å². The molecule has 0 spiro atoms. The molecule has 0 saturated heterocycles. The van der Waals surface area contributed by atoms with E-state index in [2.05, 4.69) is 35.4 Å². The normalized spacial score (nSPS) is 12.0. The third-order valence-electron chi connectivity index (χ3n) is 4.65. The summed E-state index contributed by atoms with van der Waals surface area (Å²) in [5, 5.41) is 11.9. The van der Waals surface area contributed by atoms with Crippen LogP contribution in [-0.2, 0) is 11.8 Å².